The molecule has 1 heterocycles. The maximum absolute atomic E-state index is 8.14. The highest BCUT2D eigenvalue weighted by Crippen LogP contribution is 2.24. The van der Waals surface area contributed by atoms with Gasteiger partial charge < -0.3 is 14.6 Å². The fourth-order valence-corrected chi connectivity index (χ4v) is 2.02. The van der Waals surface area contributed by atoms with Crippen molar-refractivity contribution in [3.63, 3.8) is 0 Å². The van der Waals surface area contributed by atoms with Crippen LogP contribution in [0.4, 0.5) is 0 Å². The maximum Gasteiger partial charge on any atom is 0.144 e. The van der Waals surface area contributed by atoms with Crippen molar-refractivity contribution in [2.24, 2.45) is 0 Å². The van der Waals surface area contributed by atoms with Crippen LogP contribution in [-0.4, -0.2) is 37.9 Å². The molecule has 0 saturated carbocycles. The van der Waals surface area contributed by atoms with Crippen LogP contribution in [0.3, 0.4) is 0 Å². The molecule has 2 aromatic rings. The Morgan fingerprint density at radius 1 is 1.20 bits per heavy atom. The fraction of sp³-hybridized carbons (Fsp3) is 0.312. The SMILES string of the molecule is CN(C)CCCNC(=N)c1ccoc1-c1ccccc1. The van der Waals surface area contributed by atoms with Crippen molar-refractivity contribution in [1.29, 1.82) is 5.41 Å². The summed E-state index contributed by atoms with van der Waals surface area (Å²) in [7, 11) is 4.10. The number of hydrogen-bond acceptors (Lipinski definition) is 3. The molecule has 1 aromatic heterocycles. The first-order valence-corrected chi connectivity index (χ1v) is 6.79. The molecule has 0 bridgehead atoms. The Bertz CT molecular complexity index is 546. The molecular weight excluding hydrogens is 250 g/mol. The molecule has 1 aromatic carbocycles. The maximum atomic E-state index is 8.14. The van der Waals surface area contributed by atoms with Crippen molar-refractivity contribution in [2.75, 3.05) is 27.2 Å². The Balaban J connectivity index is 1.99. The summed E-state index contributed by atoms with van der Waals surface area (Å²) in [6.45, 7) is 1.80. The van der Waals surface area contributed by atoms with Gasteiger partial charge in [0.25, 0.3) is 0 Å². The molecule has 0 atom stereocenters. The summed E-state index contributed by atoms with van der Waals surface area (Å²) in [5.41, 5.74) is 1.80. The zero-order valence-electron chi connectivity index (χ0n) is 12.0. The number of amidine groups is 1. The molecule has 0 unspecified atom stereocenters. The summed E-state index contributed by atoms with van der Waals surface area (Å²) in [6.07, 6.45) is 2.64. The molecule has 0 aliphatic carbocycles. The highest BCUT2D eigenvalue weighted by molar-refractivity contribution is 6.01. The van der Waals surface area contributed by atoms with E-state index in [1.54, 1.807) is 6.26 Å². The van der Waals surface area contributed by atoms with Gasteiger partial charge in [-0.25, -0.2) is 0 Å². The van der Waals surface area contributed by atoms with Gasteiger partial charge in [0.1, 0.15) is 11.6 Å². The molecule has 0 radical (unpaired) electrons. The lowest BCUT2D eigenvalue weighted by Crippen LogP contribution is -2.27. The third-order valence-corrected chi connectivity index (χ3v) is 3.05. The summed E-state index contributed by atoms with van der Waals surface area (Å²) < 4.78 is 5.53. The quantitative estimate of drug-likeness (QED) is 0.482. The van der Waals surface area contributed by atoms with Crippen molar-refractivity contribution in [2.45, 2.75) is 6.42 Å². The number of nitrogens with one attached hydrogen (secondary N) is 2. The van der Waals surface area contributed by atoms with E-state index in [1.165, 1.54) is 0 Å². The Morgan fingerprint density at radius 3 is 2.65 bits per heavy atom. The number of benzene rings is 1. The van der Waals surface area contributed by atoms with Crippen LogP contribution in [0.15, 0.2) is 47.1 Å². The third-order valence-electron chi connectivity index (χ3n) is 3.05. The third kappa shape index (κ3) is 3.71. The first kappa shape index (κ1) is 14.3. The van der Waals surface area contributed by atoms with Gasteiger partial charge in [-0.2, -0.15) is 0 Å². The van der Waals surface area contributed by atoms with E-state index in [4.69, 9.17) is 9.83 Å². The van der Waals surface area contributed by atoms with Crippen molar-refractivity contribution in [3.8, 4) is 11.3 Å². The zero-order valence-corrected chi connectivity index (χ0v) is 12.0. The van der Waals surface area contributed by atoms with E-state index >= 15 is 0 Å². The second kappa shape index (κ2) is 6.91. The van der Waals surface area contributed by atoms with Crippen LogP contribution in [0, 0.1) is 5.41 Å². The molecule has 0 amide bonds. The first-order valence-electron chi connectivity index (χ1n) is 6.79. The van der Waals surface area contributed by atoms with Crippen LogP contribution in [0.1, 0.15) is 12.0 Å². The monoisotopic (exact) mass is 271 g/mol. The molecule has 0 fully saturated rings. The van der Waals surface area contributed by atoms with E-state index in [0.29, 0.717) is 5.84 Å². The highest BCUT2D eigenvalue weighted by atomic mass is 16.3. The summed E-state index contributed by atoms with van der Waals surface area (Å²) in [5, 5.41) is 11.3. The Hall–Kier alpha value is -2.07. The lowest BCUT2D eigenvalue weighted by Gasteiger charge is -2.11. The number of hydrogen-bond donors (Lipinski definition) is 2. The van der Waals surface area contributed by atoms with Crippen molar-refractivity contribution < 1.29 is 4.42 Å². The lowest BCUT2D eigenvalue weighted by molar-refractivity contribution is 0.400. The molecule has 106 valence electrons. The van der Waals surface area contributed by atoms with Crippen LogP contribution in [-0.2, 0) is 0 Å². The van der Waals surface area contributed by atoms with Crippen molar-refractivity contribution >= 4 is 5.84 Å². The van der Waals surface area contributed by atoms with Gasteiger partial charge in [0.2, 0.25) is 0 Å². The Kier molecular flexibility index (Phi) is 4.96. The van der Waals surface area contributed by atoms with Crippen LogP contribution in [0.25, 0.3) is 11.3 Å². The molecule has 4 nitrogen and oxygen atoms in total. The Morgan fingerprint density at radius 2 is 1.95 bits per heavy atom. The minimum absolute atomic E-state index is 0.413. The molecular formula is C16H21N3O. The van der Waals surface area contributed by atoms with Gasteiger partial charge in [0, 0.05) is 12.1 Å². The fourth-order valence-electron chi connectivity index (χ4n) is 2.02. The minimum atomic E-state index is 0.413. The second-order valence-electron chi connectivity index (χ2n) is 4.99. The standard InChI is InChI=1S/C16H21N3O/c1-19(2)11-6-10-18-16(17)14-9-12-20-15(14)13-7-4-3-5-8-13/h3-5,7-9,12H,6,10-11H2,1-2H3,(H2,17,18). The van der Waals surface area contributed by atoms with Gasteiger partial charge in [0.15, 0.2) is 0 Å². The molecule has 0 saturated heterocycles. The zero-order chi connectivity index (χ0) is 14.4. The average molecular weight is 271 g/mol. The molecule has 0 spiro atoms. The number of rotatable bonds is 6. The van der Waals surface area contributed by atoms with E-state index in [0.717, 1.165) is 36.4 Å². The van der Waals surface area contributed by atoms with Gasteiger partial charge in [0.05, 0.1) is 11.8 Å². The predicted octanol–water partition coefficient (Wildman–Crippen LogP) is 2.81. The smallest absolute Gasteiger partial charge is 0.144 e. The molecule has 0 aliphatic heterocycles. The molecule has 0 aliphatic rings. The average Bonchev–Trinajstić information content (AvgIpc) is 2.93. The van der Waals surface area contributed by atoms with E-state index < -0.39 is 0 Å². The normalized spacial score (nSPS) is 10.8. The summed E-state index contributed by atoms with van der Waals surface area (Å²) in [5.74, 6) is 1.16. The van der Waals surface area contributed by atoms with Gasteiger partial charge >= 0.3 is 0 Å². The van der Waals surface area contributed by atoms with E-state index in [1.807, 2.05) is 36.4 Å². The number of nitrogens with zero attached hydrogens (tertiary/aromatic N) is 1. The minimum Gasteiger partial charge on any atom is -0.464 e. The summed E-state index contributed by atoms with van der Waals surface area (Å²) >= 11 is 0. The van der Waals surface area contributed by atoms with E-state index in [9.17, 15) is 0 Å². The van der Waals surface area contributed by atoms with Gasteiger partial charge in [-0.15, -0.1) is 0 Å². The van der Waals surface area contributed by atoms with Crippen LogP contribution in [0.5, 0.6) is 0 Å². The van der Waals surface area contributed by atoms with E-state index in [-0.39, 0.29) is 0 Å². The second-order valence-corrected chi connectivity index (χ2v) is 4.99. The van der Waals surface area contributed by atoms with Gasteiger partial charge in [-0.1, -0.05) is 30.3 Å². The molecule has 2 rings (SSSR count). The predicted molar refractivity (Wildman–Crippen MR) is 82.1 cm³/mol. The van der Waals surface area contributed by atoms with Crippen LogP contribution in [0.2, 0.25) is 0 Å². The van der Waals surface area contributed by atoms with Gasteiger partial charge in [-0.3, -0.25) is 5.41 Å². The van der Waals surface area contributed by atoms with Crippen molar-refractivity contribution in [3.05, 3.63) is 48.2 Å². The van der Waals surface area contributed by atoms with Gasteiger partial charge in [-0.05, 0) is 33.1 Å². The van der Waals surface area contributed by atoms with E-state index in [2.05, 4.69) is 24.3 Å². The summed E-state index contributed by atoms with van der Waals surface area (Å²) in [4.78, 5) is 2.14. The molecule has 20 heavy (non-hydrogen) atoms. The highest BCUT2D eigenvalue weighted by Gasteiger charge is 2.12. The number of furan rings is 1. The largest absolute Gasteiger partial charge is 0.464 e. The summed E-state index contributed by atoms with van der Waals surface area (Å²) in [6, 6.07) is 11.7. The lowest BCUT2D eigenvalue weighted by atomic mass is 10.1. The molecule has 4 heteroatoms. The molecule has 2 N–H and O–H groups in total. The first-order chi connectivity index (χ1) is 9.68. The van der Waals surface area contributed by atoms with Crippen LogP contribution >= 0.6 is 0 Å². The Labute approximate surface area is 119 Å². The van der Waals surface area contributed by atoms with Crippen molar-refractivity contribution in [1.82, 2.24) is 10.2 Å². The topological polar surface area (TPSA) is 52.3 Å². The van der Waals surface area contributed by atoms with Crippen LogP contribution < -0.4 is 5.32 Å².